The Morgan fingerprint density at radius 3 is 2.81 bits per heavy atom. The van der Waals surface area contributed by atoms with Crippen LogP contribution in [0.3, 0.4) is 0 Å². The molecule has 0 saturated heterocycles. The first-order chi connectivity index (χ1) is 7.65. The van der Waals surface area contributed by atoms with Crippen LogP contribution >= 0.6 is 22.9 Å². The van der Waals surface area contributed by atoms with Gasteiger partial charge in [-0.1, -0.05) is 23.7 Å². The average molecular weight is 257 g/mol. The smallest absolute Gasteiger partial charge is 0.123 e. The molecule has 1 nitrogen and oxygen atoms in total. The molecule has 0 aliphatic carbocycles. The Bertz CT molecular complexity index is 483. The van der Waals surface area contributed by atoms with Gasteiger partial charge in [0.1, 0.15) is 5.82 Å². The van der Waals surface area contributed by atoms with Gasteiger partial charge in [0.2, 0.25) is 0 Å². The minimum absolute atomic E-state index is 0.283. The highest BCUT2D eigenvalue weighted by Crippen LogP contribution is 2.27. The van der Waals surface area contributed by atoms with Gasteiger partial charge >= 0.3 is 0 Å². The molecule has 2 rings (SSSR count). The first-order valence-electron chi connectivity index (χ1n) is 4.81. The van der Waals surface area contributed by atoms with Crippen LogP contribution in [-0.4, -0.2) is 5.11 Å². The highest BCUT2D eigenvalue weighted by Gasteiger charge is 2.11. The molecule has 0 spiro atoms. The van der Waals surface area contributed by atoms with Crippen LogP contribution in [0.4, 0.5) is 4.39 Å². The zero-order chi connectivity index (χ0) is 11.5. The van der Waals surface area contributed by atoms with Crippen molar-refractivity contribution in [2.75, 3.05) is 0 Å². The van der Waals surface area contributed by atoms with Crippen LogP contribution in [0.25, 0.3) is 0 Å². The lowest BCUT2D eigenvalue weighted by molar-refractivity contribution is 0.182. The van der Waals surface area contributed by atoms with Crippen LogP contribution in [0, 0.1) is 5.82 Å². The first-order valence-corrected chi connectivity index (χ1v) is 6.07. The van der Waals surface area contributed by atoms with E-state index in [0.29, 0.717) is 11.4 Å². The predicted molar refractivity (Wildman–Crippen MR) is 64.4 cm³/mol. The van der Waals surface area contributed by atoms with Crippen LogP contribution in [0.15, 0.2) is 35.7 Å². The standard InChI is InChI=1S/C12H10ClFOS/c13-9-6-12(16-7-9)11(15)5-8-2-1-3-10(14)4-8/h1-4,6-7,11,15H,5H2. The Kier molecular flexibility index (Phi) is 3.59. The maximum atomic E-state index is 12.9. The maximum absolute atomic E-state index is 12.9. The van der Waals surface area contributed by atoms with Gasteiger partial charge in [0.05, 0.1) is 11.1 Å². The van der Waals surface area contributed by atoms with Gasteiger partial charge in [-0.15, -0.1) is 11.3 Å². The number of rotatable bonds is 3. The van der Waals surface area contributed by atoms with E-state index in [0.717, 1.165) is 10.4 Å². The van der Waals surface area contributed by atoms with Crippen molar-refractivity contribution in [2.45, 2.75) is 12.5 Å². The second-order valence-corrected chi connectivity index (χ2v) is 4.90. The van der Waals surface area contributed by atoms with Crippen molar-refractivity contribution < 1.29 is 9.50 Å². The normalized spacial score (nSPS) is 12.7. The van der Waals surface area contributed by atoms with Gasteiger partial charge in [0, 0.05) is 16.7 Å². The van der Waals surface area contributed by atoms with E-state index in [9.17, 15) is 9.50 Å². The second kappa shape index (κ2) is 4.95. The molecule has 0 aliphatic heterocycles. The Balaban J connectivity index is 2.10. The van der Waals surface area contributed by atoms with Gasteiger partial charge < -0.3 is 5.11 Å². The fourth-order valence-corrected chi connectivity index (χ4v) is 2.56. The number of aliphatic hydroxyl groups is 1. The third-order valence-electron chi connectivity index (χ3n) is 2.23. The van der Waals surface area contributed by atoms with Crippen LogP contribution < -0.4 is 0 Å². The molecule has 0 saturated carbocycles. The third-order valence-corrected chi connectivity index (χ3v) is 3.62. The van der Waals surface area contributed by atoms with Gasteiger partial charge in [-0.25, -0.2) is 4.39 Å². The molecule has 0 amide bonds. The molecule has 1 heterocycles. The highest BCUT2D eigenvalue weighted by atomic mass is 35.5. The van der Waals surface area contributed by atoms with Gasteiger partial charge in [0.15, 0.2) is 0 Å². The van der Waals surface area contributed by atoms with Crippen LogP contribution in [0.2, 0.25) is 5.02 Å². The van der Waals surface area contributed by atoms with E-state index < -0.39 is 6.10 Å². The summed E-state index contributed by atoms with van der Waals surface area (Å²) in [6, 6.07) is 7.98. The molecule has 2 aromatic rings. The van der Waals surface area contributed by atoms with E-state index in [-0.39, 0.29) is 5.82 Å². The number of hydrogen-bond donors (Lipinski definition) is 1. The van der Waals surface area contributed by atoms with E-state index in [1.54, 1.807) is 23.6 Å². The molecule has 1 unspecified atom stereocenters. The molecule has 1 aromatic carbocycles. The molecule has 16 heavy (non-hydrogen) atoms. The zero-order valence-corrected chi connectivity index (χ0v) is 9.93. The Morgan fingerprint density at radius 1 is 1.38 bits per heavy atom. The van der Waals surface area contributed by atoms with Crippen molar-refractivity contribution >= 4 is 22.9 Å². The topological polar surface area (TPSA) is 20.2 Å². The van der Waals surface area contributed by atoms with Crippen LogP contribution in [-0.2, 0) is 6.42 Å². The number of aliphatic hydroxyl groups excluding tert-OH is 1. The largest absolute Gasteiger partial charge is 0.387 e. The van der Waals surface area contributed by atoms with Crippen LogP contribution in [0.5, 0.6) is 0 Å². The summed E-state index contributed by atoms with van der Waals surface area (Å²) < 4.78 is 12.9. The SMILES string of the molecule is OC(Cc1cccc(F)c1)c1cc(Cl)cs1. The fourth-order valence-electron chi connectivity index (χ4n) is 1.49. The molecule has 1 aromatic heterocycles. The molecular formula is C12H10ClFOS. The van der Waals surface area contributed by atoms with Gasteiger partial charge in [-0.2, -0.15) is 0 Å². The Hall–Kier alpha value is -0.900. The Morgan fingerprint density at radius 2 is 2.19 bits per heavy atom. The summed E-state index contributed by atoms with van der Waals surface area (Å²) in [5.41, 5.74) is 0.775. The van der Waals surface area contributed by atoms with Crippen molar-refractivity contribution in [1.29, 1.82) is 0 Å². The van der Waals surface area contributed by atoms with Crippen molar-refractivity contribution in [3.05, 3.63) is 57.0 Å². The van der Waals surface area contributed by atoms with Crippen molar-refractivity contribution in [3.8, 4) is 0 Å². The lowest BCUT2D eigenvalue weighted by Gasteiger charge is -2.08. The molecule has 0 bridgehead atoms. The van der Waals surface area contributed by atoms with E-state index in [1.165, 1.54) is 23.5 Å². The third kappa shape index (κ3) is 2.82. The molecule has 0 radical (unpaired) electrons. The van der Waals surface area contributed by atoms with E-state index >= 15 is 0 Å². The summed E-state index contributed by atoms with van der Waals surface area (Å²) in [4.78, 5) is 0.800. The summed E-state index contributed by atoms with van der Waals surface area (Å²) in [5.74, 6) is -0.283. The summed E-state index contributed by atoms with van der Waals surface area (Å²) in [7, 11) is 0. The lowest BCUT2D eigenvalue weighted by atomic mass is 10.1. The van der Waals surface area contributed by atoms with Crippen molar-refractivity contribution in [3.63, 3.8) is 0 Å². The monoisotopic (exact) mass is 256 g/mol. The lowest BCUT2D eigenvalue weighted by Crippen LogP contribution is -1.99. The van der Waals surface area contributed by atoms with E-state index in [1.807, 2.05) is 0 Å². The number of halogens is 2. The molecule has 84 valence electrons. The summed E-state index contributed by atoms with van der Waals surface area (Å²) in [5, 5.41) is 12.3. The van der Waals surface area contributed by atoms with Gasteiger partial charge in [-0.05, 0) is 23.8 Å². The fraction of sp³-hybridized carbons (Fsp3) is 0.167. The molecule has 4 heteroatoms. The summed E-state index contributed by atoms with van der Waals surface area (Å²) >= 11 is 7.18. The number of hydrogen-bond acceptors (Lipinski definition) is 2. The molecule has 0 fully saturated rings. The molecular weight excluding hydrogens is 247 g/mol. The number of thiophene rings is 1. The maximum Gasteiger partial charge on any atom is 0.123 e. The molecule has 0 aliphatic rings. The average Bonchev–Trinajstić information content (AvgIpc) is 2.65. The van der Waals surface area contributed by atoms with Gasteiger partial charge in [-0.3, -0.25) is 0 Å². The quantitative estimate of drug-likeness (QED) is 0.885. The Labute approximate surface area is 102 Å². The second-order valence-electron chi connectivity index (χ2n) is 3.52. The first kappa shape index (κ1) is 11.6. The zero-order valence-electron chi connectivity index (χ0n) is 8.36. The van der Waals surface area contributed by atoms with Crippen LogP contribution in [0.1, 0.15) is 16.5 Å². The minimum Gasteiger partial charge on any atom is -0.387 e. The summed E-state index contributed by atoms with van der Waals surface area (Å²) in [6.07, 6.45) is -0.228. The van der Waals surface area contributed by atoms with E-state index in [4.69, 9.17) is 11.6 Å². The van der Waals surface area contributed by atoms with Gasteiger partial charge in [0.25, 0.3) is 0 Å². The molecule has 1 atom stereocenters. The van der Waals surface area contributed by atoms with Crippen molar-refractivity contribution in [2.24, 2.45) is 0 Å². The highest BCUT2D eigenvalue weighted by molar-refractivity contribution is 7.10. The molecule has 1 N–H and O–H groups in total. The van der Waals surface area contributed by atoms with Crippen molar-refractivity contribution in [1.82, 2.24) is 0 Å². The van der Waals surface area contributed by atoms with E-state index in [2.05, 4.69) is 0 Å². The minimum atomic E-state index is -0.626. The summed E-state index contributed by atoms with van der Waals surface area (Å²) in [6.45, 7) is 0. The predicted octanol–water partition coefficient (Wildman–Crippen LogP) is 3.82. The number of benzene rings is 1.